The van der Waals surface area contributed by atoms with Crippen molar-refractivity contribution in [3.63, 3.8) is 0 Å². The van der Waals surface area contributed by atoms with Crippen molar-refractivity contribution >= 4 is 11.5 Å². The van der Waals surface area contributed by atoms with Crippen molar-refractivity contribution in [3.8, 4) is 0 Å². The van der Waals surface area contributed by atoms with E-state index in [0.717, 1.165) is 0 Å². The van der Waals surface area contributed by atoms with Crippen LogP contribution in [0.3, 0.4) is 0 Å². The van der Waals surface area contributed by atoms with Gasteiger partial charge in [-0.2, -0.15) is 0 Å². The molecule has 1 N–H and O–H groups in total. The summed E-state index contributed by atoms with van der Waals surface area (Å²) in [6.45, 7) is 3.26. The summed E-state index contributed by atoms with van der Waals surface area (Å²) in [7, 11) is 0. The van der Waals surface area contributed by atoms with Crippen molar-refractivity contribution in [1.82, 2.24) is 0 Å². The van der Waals surface area contributed by atoms with Gasteiger partial charge in [-0.3, -0.25) is 0 Å². The van der Waals surface area contributed by atoms with Gasteiger partial charge in [0.2, 0.25) is 0 Å². The van der Waals surface area contributed by atoms with Crippen LogP contribution in [-0.4, -0.2) is 11.5 Å². The standard InChI is InChI=1S/C6H11NO/c1-5(7)3-4-6(2)8/h7H,3-4H2,1-2H3. The molecule has 0 fully saturated rings. The molecule has 0 atom stereocenters. The van der Waals surface area contributed by atoms with E-state index in [-0.39, 0.29) is 5.78 Å². The van der Waals surface area contributed by atoms with Gasteiger partial charge in [0.25, 0.3) is 0 Å². The molecule has 0 aliphatic carbocycles. The summed E-state index contributed by atoms with van der Waals surface area (Å²) < 4.78 is 0. The highest BCUT2D eigenvalue weighted by Crippen LogP contribution is 1.90. The molecule has 8 heavy (non-hydrogen) atoms. The van der Waals surface area contributed by atoms with Crippen molar-refractivity contribution < 1.29 is 4.79 Å². The van der Waals surface area contributed by atoms with Crippen molar-refractivity contribution in [2.75, 3.05) is 0 Å². The van der Waals surface area contributed by atoms with Crippen LogP contribution in [0.25, 0.3) is 0 Å². The Labute approximate surface area is 49.4 Å². The third-order valence-corrected chi connectivity index (χ3v) is 0.852. The molecule has 0 rings (SSSR count). The highest BCUT2D eigenvalue weighted by atomic mass is 16.1. The van der Waals surface area contributed by atoms with E-state index in [2.05, 4.69) is 0 Å². The third kappa shape index (κ3) is 5.34. The highest BCUT2D eigenvalue weighted by molar-refractivity contribution is 5.84. The smallest absolute Gasteiger partial charge is 0.130 e. The lowest BCUT2D eigenvalue weighted by atomic mass is 10.2. The largest absolute Gasteiger partial charge is 0.310 e. The van der Waals surface area contributed by atoms with Gasteiger partial charge in [-0.25, -0.2) is 0 Å². The minimum atomic E-state index is 0.164. The second-order valence-electron chi connectivity index (χ2n) is 1.98. The number of Topliss-reactive ketones (excluding diaryl/α,β-unsaturated/α-hetero) is 1. The fourth-order valence-corrected chi connectivity index (χ4v) is 0.364. The van der Waals surface area contributed by atoms with Crippen LogP contribution in [0.5, 0.6) is 0 Å². The lowest BCUT2D eigenvalue weighted by Crippen LogP contribution is -1.94. The van der Waals surface area contributed by atoms with E-state index in [1.54, 1.807) is 13.8 Å². The fraction of sp³-hybridized carbons (Fsp3) is 0.667. The molecule has 0 radical (unpaired) electrons. The van der Waals surface area contributed by atoms with Gasteiger partial charge in [-0.1, -0.05) is 0 Å². The molecule has 0 amide bonds. The monoisotopic (exact) mass is 113 g/mol. The summed E-state index contributed by atoms with van der Waals surface area (Å²) >= 11 is 0. The molecule has 46 valence electrons. The van der Waals surface area contributed by atoms with Crippen LogP contribution in [0.4, 0.5) is 0 Å². The summed E-state index contributed by atoms with van der Waals surface area (Å²) in [4.78, 5) is 10.3. The van der Waals surface area contributed by atoms with E-state index in [0.29, 0.717) is 18.6 Å². The SMILES string of the molecule is CC(=N)CCC(C)=O. The highest BCUT2D eigenvalue weighted by Gasteiger charge is 1.92. The zero-order valence-electron chi connectivity index (χ0n) is 5.32. The molecule has 0 bridgehead atoms. The Balaban J connectivity index is 3.18. The molecular formula is C6H11NO. The van der Waals surface area contributed by atoms with Crippen LogP contribution in [-0.2, 0) is 4.79 Å². The normalized spacial score (nSPS) is 8.75. The average molecular weight is 113 g/mol. The quantitative estimate of drug-likeness (QED) is 0.552. The van der Waals surface area contributed by atoms with Crippen LogP contribution >= 0.6 is 0 Å². The summed E-state index contributed by atoms with van der Waals surface area (Å²) in [5.74, 6) is 0.164. The van der Waals surface area contributed by atoms with E-state index in [4.69, 9.17) is 5.41 Å². The van der Waals surface area contributed by atoms with Gasteiger partial charge in [0, 0.05) is 12.1 Å². The maximum absolute atomic E-state index is 10.3. The Kier molecular flexibility index (Phi) is 3.08. The van der Waals surface area contributed by atoms with E-state index >= 15 is 0 Å². The summed E-state index contributed by atoms with van der Waals surface area (Å²) in [6, 6.07) is 0. The van der Waals surface area contributed by atoms with Crippen LogP contribution in [0.1, 0.15) is 26.7 Å². The first-order chi connectivity index (χ1) is 3.63. The third-order valence-electron chi connectivity index (χ3n) is 0.852. The van der Waals surface area contributed by atoms with Crippen LogP contribution < -0.4 is 0 Å². The molecule has 0 unspecified atom stereocenters. The molecule has 0 saturated heterocycles. The topological polar surface area (TPSA) is 40.9 Å². The Morgan fingerprint density at radius 1 is 1.38 bits per heavy atom. The van der Waals surface area contributed by atoms with Gasteiger partial charge >= 0.3 is 0 Å². The van der Waals surface area contributed by atoms with Crippen LogP contribution in [0.15, 0.2) is 0 Å². The molecule has 0 aromatic carbocycles. The number of carbonyl (C=O) groups is 1. The maximum atomic E-state index is 10.3. The fourth-order valence-electron chi connectivity index (χ4n) is 0.364. The molecule has 2 nitrogen and oxygen atoms in total. The number of ketones is 1. The number of hydrogen-bond donors (Lipinski definition) is 1. The van der Waals surface area contributed by atoms with E-state index in [1.807, 2.05) is 0 Å². The van der Waals surface area contributed by atoms with Crippen LogP contribution in [0, 0.1) is 5.41 Å². The lowest BCUT2D eigenvalue weighted by molar-refractivity contribution is -0.116. The van der Waals surface area contributed by atoms with Crippen molar-refractivity contribution in [2.45, 2.75) is 26.7 Å². The van der Waals surface area contributed by atoms with E-state index in [9.17, 15) is 4.79 Å². The Hall–Kier alpha value is -0.660. The zero-order chi connectivity index (χ0) is 6.57. The summed E-state index contributed by atoms with van der Waals surface area (Å²) in [5, 5.41) is 6.94. The van der Waals surface area contributed by atoms with Gasteiger partial charge in [0.15, 0.2) is 0 Å². The predicted molar refractivity (Wildman–Crippen MR) is 33.3 cm³/mol. The first kappa shape index (κ1) is 7.34. The number of carbonyl (C=O) groups excluding carboxylic acids is 1. The van der Waals surface area contributed by atoms with Gasteiger partial charge in [-0.15, -0.1) is 0 Å². The molecule has 0 aliphatic rings. The number of nitrogens with one attached hydrogen (secondary N) is 1. The average Bonchev–Trinajstić information content (AvgIpc) is 1.61. The Bertz CT molecular complexity index is 93.1. The number of rotatable bonds is 3. The molecule has 0 spiro atoms. The second-order valence-corrected chi connectivity index (χ2v) is 1.98. The van der Waals surface area contributed by atoms with Crippen molar-refractivity contribution in [1.29, 1.82) is 5.41 Å². The summed E-state index contributed by atoms with van der Waals surface area (Å²) in [6.07, 6.45) is 1.14. The van der Waals surface area contributed by atoms with Gasteiger partial charge < -0.3 is 10.2 Å². The Morgan fingerprint density at radius 3 is 2.00 bits per heavy atom. The van der Waals surface area contributed by atoms with E-state index < -0.39 is 0 Å². The summed E-state index contributed by atoms with van der Waals surface area (Å²) in [5.41, 5.74) is 0.584. The first-order valence-electron chi connectivity index (χ1n) is 2.66. The maximum Gasteiger partial charge on any atom is 0.130 e. The molecule has 0 aromatic heterocycles. The molecule has 0 aliphatic heterocycles. The molecule has 0 saturated carbocycles. The van der Waals surface area contributed by atoms with Gasteiger partial charge in [-0.05, 0) is 20.3 Å². The second kappa shape index (κ2) is 3.36. The minimum absolute atomic E-state index is 0.164. The minimum Gasteiger partial charge on any atom is -0.310 e. The molecule has 0 heterocycles. The van der Waals surface area contributed by atoms with Gasteiger partial charge in [0.05, 0.1) is 0 Å². The Morgan fingerprint density at radius 2 is 1.88 bits per heavy atom. The zero-order valence-corrected chi connectivity index (χ0v) is 5.32. The van der Waals surface area contributed by atoms with E-state index in [1.165, 1.54) is 0 Å². The van der Waals surface area contributed by atoms with Crippen molar-refractivity contribution in [2.24, 2.45) is 0 Å². The molecular weight excluding hydrogens is 102 g/mol. The predicted octanol–water partition coefficient (Wildman–Crippen LogP) is 1.40. The lowest BCUT2D eigenvalue weighted by Gasteiger charge is -1.90. The van der Waals surface area contributed by atoms with Crippen LogP contribution in [0.2, 0.25) is 0 Å². The molecule has 0 aromatic rings. The van der Waals surface area contributed by atoms with Crippen molar-refractivity contribution in [3.05, 3.63) is 0 Å². The first-order valence-corrected chi connectivity index (χ1v) is 2.66. The van der Waals surface area contributed by atoms with Gasteiger partial charge in [0.1, 0.15) is 5.78 Å². The number of hydrogen-bond acceptors (Lipinski definition) is 2. The molecule has 2 heteroatoms.